The molecule has 0 amide bonds. The minimum Gasteiger partial charge on any atom is -0.405 e. The molecule has 0 unspecified atom stereocenters. The second-order valence-corrected chi connectivity index (χ2v) is 3.99. The summed E-state index contributed by atoms with van der Waals surface area (Å²) < 4.78 is 76.8. The van der Waals surface area contributed by atoms with E-state index in [1.165, 1.54) is 12.1 Å². The predicted molar refractivity (Wildman–Crippen MR) is 64.0 cm³/mol. The summed E-state index contributed by atoms with van der Waals surface area (Å²) in [6, 6.07) is 2.04. The summed E-state index contributed by atoms with van der Waals surface area (Å²) in [7, 11) is 0. The zero-order chi connectivity index (χ0) is 15.6. The number of benzene rings is 1. The average molecular weight is 340 g/mol. The van der Waals surface area contributed by atoms with Gasteiger partial charge in [-0.15, -0.1) is 25.6 Å². The first-order chi connectivity index (χ1) is 9.00. The Hall–Kier alpha value is -1.19. The molecule has 0 saturated heterocycles. The van der Waals surface area contributed by atoms with Crippen LogP contribution in [0.5, 0.6) is 5.75 Å². The second kappa shape index (κ2) is 7.19. The molecule has 0 aliphatic rings. The molecule has 0 aliphatic carbocycles. The lowest BCUT2D eigenvalue weighted by Crippen LogP contribution is -2.38. The number of ether oxygens (including phenoxy) is 1. The van der Waals surface area contributed by atoms with Gasteiger partial charge in [-0.3, -0.25) is 0 Å². The van der Waals surface area contributed by atoms with E-state index < -0.39 is 42.4 Å². The van der Waals surface area contributed by atoms with Gasteiger partial charge >= 0.3 is 12.5 Å². The molecule has 21 heavy (non-hydrogen) atoms. The lowest BCUT2D eigenvalue weighted by molar-refractivity contribution is -0.275. The molecule has 0 fully saturated rings. The fourth-order valence-electron chi connectivity index (χ4n) is 1.47. The van der Waals surface area contributed by atoms with Crippen LogP contribution in [0, 0.1) is 0 Å². The van der Waals surface area contributed by atoms with Gasteiger partial charge in [-0.05, 0) is 6.07 Å². The van der Waals surface area contributed by atoms with Crippen molar-refractivity contribution in [1.29, 1.82) is 0 Å². The van der Waals surface area contributed by atoms with Crippen molar-refractivity contribution in [2.75, 3.05) is 0 Å². The van der Waals surface area contributed by atoms with Crippen molar-refractivity contribution in [3.05, 3.63) is 29.8 Å². The molecule has 1 aromatic carbocycles. The van der Waals surface area contributed by atoms with Crippen molar-refractivity contribution >= 4 is 12.4 Å². The Morgan fingerprint density at radius 1 is 1.10 bits per heavy atom. The van der Waals surface area contributed by atoms with Gasteiger partial charge in [0.1, 0.15) is 11.8 Å². The van der Waals surface area contributed by atoms with E-state index in [0.717, 1.165) is 12.1 Å². The fraction of sp³-hybridized carbons (Fsp3) is 0.455. The van der Waals surface area contributed by atoms with Gasteiger partial charge in [0.05, 0.1) is 6.10 Å². The van der Waals surface area contributed by atoms with Gasteiger partial charge in [0.2, 0.25) is 0 Å². The third-order valence-corrected chi connectivity index (χ3v) is 2.40. The van der Waals surface area contributed by atoms with Crippen molar-refractivity contribution in [2.45, 2.75) is 31.1 Å². The van der Waals surface area contributed by atoms with E-state index in [1.54, 1.807) is 0 Å². The van der Waals surface area contributed by atoms with E-state index in [1.807, 2.05) is 0 Å². The largest absolute Gasteiger partial charge is 0.573 e. The quantitative estimate of drug-likeness (QED) is 0.827. The van der Waals surface area contributed by atoms with Crippen molar-refractivity contribution < 1.29 is 36.2 Å². The van der Waals surface area contributed by atoms with Gasteiger partial charge in [0.15, 0.2) is 0 Å². The Morgan fingerprint density at radius 3 is 2.10 bits per heavy atom. The summed E-state index contributed by atoms with van der Waals surface area (Å²) in [6.07, 6.45) is -12.6. The van der Waals surface area contributed by atoms with Crippen molar-refractivity contribution in [1.82, 2.24) is 0 Å². The number of alkyl halides is 6. The molecule has 3 N–H and O–H groups in total. The van der Waals surface area contributed by atoms with E-state index in [4.69, 9.17) is 5.73 Å². The number of rotatable bonds is 4. The molecule has 0 radical (unpaired) electrons. The van der Waals surface area contributed by atoms with Crippen LogP contribution in [0.2, 0.25) is 0 Å². The zero-order valence-corrected chi connectivity index (χ0v) is 11.1. The Morgan fingerprint density at radius 2 is 1.62 bits per heavy atom. The van der Waals surface area contributed by atoms with E-state index >= 15 is 0 Å². The van der Waals surface area contributed by atoms with E-state index in [9.17, 15) is 31.4 Å². The number of aliphatic hydroxyl groups excluding tert-OH is 1. The number of nitrogens with two attached hydrogens (primary N) is 1. The van der Waals surface area contributed by atoms with Crippen LogP contribution >= 0.6 is 12.4 Å². The summed E-state index contributed by atoms with van der Waals surface area (Å²) in [5.74, 6) is -0.762. The van der Waals surface area contributed by atoms with Gasteiger partial charge in [0.25, 0.3) is 0 Å². The Kier molecular flexibility index (Phi) is 6.78. The Balaban J connectivity index is 0.00000400. The van der Waals surface area contributed by atoms with Gasteiger partial charge < -0.3 is 15.6 Å². The average Bonchev–Trinajstić information content (AvgIpc) is 2.25. The van der Waals surface area contributed by atoms with E-state index in [0.29, 0.717) is 0 Å². The topological polar surface area (TPSA) is 55.5 Å². The summed E-state index contributed by atoms with van der Waals surface area (Å²) >= 11 is 0. The van der Waals surface area contributed by atoms with Crippen LogP contribution < -0.4 is 10.5 Å². The number of para-hydroxylation sites is 1. The van der Waals surface area contributed by atoms with Crippen LogP contribution in [0.3, 0.4) is 0 Å². The van der Waals surface area contributed by atoms with Gasteiger partial charge in [-0.1, -0.05) is 18.2 Å². The Labute approximate surface area is 122 Å². The summed E-state index contributed by atoms with van der Waals surface area (Å²) in [6.45, 7) is 0. The van der Waals surface area contributed by atoms with Crippen LogP contribution in [0.25, 0.3) is 0 Å². The normalized spacial score (nSPS) is 15.0. The molecule has 0 spiro atoms. The lowest BCUT2D eigenvalue weighted by atomic mass is 10.0. The summed E-state index contributed by atoms with van der Waals surface area (Å²) in [4.78, 5) is 0. The molecular formula is C11H12ClF6NO2. The lowest BCUT2D eigenvalue weighted by Gasteiger charge is -2.21. The highest BCUT2D eigenvalue weighted by atomic mass is 35.5. The number of halogens is 7. The number of hydrogen-bond donors (Lipinski definition) is 2. The Bertz CT molecular complexity index is 451. The minimum atomic E-state index is -5.01. The number of hydrogen-bond acceptors (Lipinski definition) is 3. The molecule has 1 rings (SSSR count). The molecule has 1 aromatic rings. The van der Waals surface area contributed by atoms with Crippen molar-refractivity contribution in [3.63, 3.8) is 0 Å². The minimum absolute atomic E-state index is 0. The second-order valence-electron chi connectivity index (χ2n) is 3.99. The molecule has 122 valence electrons. The van der Waals surface area contributed by atoms with Crippen molar-refractivity contribution in [2.24, 2.45) is 5.73 Å². The summed E-state index contributed by atoms with van der Waals surface area (Å²) in [5, 5.41) is 9.60. The molecule has 0 aliphatic heterocycles. The maximum absolute atomic E-state index is 12.2. The first kappa shape index (κ1) is 19.8. The van der Waals surface area contributed by atoms with Crippen LogP contribution in [-0.2, 0) is 0 Å². The molecule has 0 heterocycles. The molecule has 10 heteroatoms. The molecule has 0 saturated carbocycles. The SMILES string of the molecule is Cl.N[C@H](C[C@H](O)c1ccccc1OC(F)(F)F)C(F)(F)F. The highest BCUT2D eigenvalue weighted by Crippen LogP contribution is 2.33. The predicted octanol–water partition coefficient (Wildman–Crippen LogP) is 3.32. The van der Waals surface area contributed by atoms with Crippen molar-refractivity contribution in [3.8, 4) is 5.75 Å². The van der Waals surface area contributed by atoms with Gasteiger partial charge in [0, 0.05) is 12.0 Å². The zero-order valence-electron chi connectivity index (χ0n) is 10.3. The van der Waals surface area contributed by atoms with E-state index in [2.05, 4.69) is 4.74 Å². The molecule has 2 atom stereocenters. The van der Waals surface area contributed by atoms with Gasteiger partial charge in [-0.2, -0.15) is 13.2 Å². The highest BCUT2D eigenvalue weighted by Gasteiger charge is 2.39. The maximum atomic E-state index is 12.2. The summed E-state index contributed by atoms with van der Waals surface area (Å²) in [5.41, 5.74) is 4.41. The standard InChI is InChI=1S/C11H11F6NO2.ClH/c12-10(13,14)9(18)5-7(19)6-3-1-2-4-8(6)20-11(15,16)17;/h1-4,7,9,19H,5,18H2;1H/t7-,9+;/m0./s1. The van der Waals surface area contributed by atoms with Crippen LogP contribution in [0.15, 0.2) is 24.3 Å². The van der Waals surface area contributed by atoms with Crippen LogP contribution in [-0.4, -0.2) is 23.7 Å². The molecule has 3 nitrogen and oxygen atoms in total. The smallest absolute Gasteiger partial charge is 0.405 e. The van der Waals surface area contributed by atoms with E-state index in [-0.39, 0.29) is 12.4 Å². The molecule has 0 aromatic heterocycles. The molecule has 0 bridgehead atoms. The number of aliphatic hydroxyl groups is 1. The third-order valence-electron chi connectivity index (χ3n) is 2.40. The monoisotopic (exact) mass is 339 g/mol. The third kappa shape index (κ3) is 6.40. The fourth-order valence-corrected chi connectivity index (χ4v) is 1.47. The molecular weight excluding hydrogens is 328 g/mol. The van der Waals surface area contributed by atoms with Crippen LogP contribution in [0.1, 0.15) is 18.1 Å². The first-order valence-corrected chi connectivity index (χ1v) is 5.35. The highest BCUT2D eigenvalue weighted by molar-refractivity contribution is 5.85. The maximum Gasteiger partial charge on any atom is 0.573 e. The van der Waals surface area contributed by atoms with Crippen LogP contribution in [0.4, 0.5) is 26.3 Å². The first-order valence-electron chi connectivity index (χ1n) is 5.35. The van der Waals surface area contributed by atoms with Gasteiger partial charge in [-0.25, -0.2) is 0 Å².